The van der Waals surface area contributed by atoms with E-state index in [1.165, 1.54) is 16.7 Å². The molecule has 0 spiro atoms. The van der Waals surface area contributed by atoms with Gasteiger partial charge >= 0.3 is 0 Å². The molecule has 10 rings (SSSR count). The van der Waals surface area contributed by atoms with E-state index in [0.717, 1.165) is 61.2 Å². The SMILES string of the molecule is [2H]C([2H])([2H])c1cc(-n2c3ccc(-c4cccc(C(C)(C)C)c4)cc3c3ccc(Oc4cccc(N5CN(c6cccc(C(C)(C)C)c6)c6ccccc65)c4)cc32)ncc1-c1ccc(C(C)(C)C)cc1. The number of pyridine rings is 1. The van der Waals surface area contributed by atoms with Gasteiger partial charge in [0.15, 0.2) is 0 Å². The van der Waals surface area contributed by atoms with Gasteiger partial charge in [-0.25, -0.2) is 4.98 Å². The first-order chi connectivity index (χ1) is 32.7. The Morgan fingerprint density at radius 1 is 0.485 bits per heavy atom. The molecule has 7 aromatic carbocycles. The van der Waals surface area contributed by atoms with Crippen LogP contribution < -0.4 is 14.5 Å². The molecular formula is C61H60N4O. The van der Waals surface area contributed by atoms with Crippen molar-refractivity contribution in [2.24, 2.45) is 0 Å². The Bertz CT molecular complexity index is 3400. The Morgan fingerprint density at radius 3 is 1.77 bits per heavy atom. The number of rotatable bonds is 7. The summed E-state index contributed by atoms with van der Waals surface area (Å²) >= 11 is 0. The zero-order chi connectivity index (χ0) is 48.6. The fourth-order valence-electron chi connectivity index (χ4n) is 9.25. The third-order valence-corrected chi connectivity index (χ3v) is 13.1. The summed E-state index contributed by atoms with van der Waals surface area (Å²) in [6, 6.07) is 57.1. The Morgan fingerprint density at radius 2 is 1.09 bits per heavy atom. The maximum absolute atomic E-state index is 8.77. The Kier molecular flexibility index (Phi) is 9.58. The fraction of sp³-hybridized carbons (Fsp3) is 0.230. The van der Waals surface area contributed by atoms with E-state index in [-0.39, 0.29) is 21.8 Å². The van der Waals surface area contributed by atoms with Crippen LogP contribution in [0.5, 0.6) is 11.5 Å². The summed E-state index contributed by atoms with van der Waals surface area (Å²) in [6.07, 6.45) is 1.72. The van der Waals surface area contributed by atoms with Crippen LogP contribution in [0.4, 0.5) is 22.7 Å². The highest BCUT2D eigenvalue weighted by Gasteiger charge is 2.29. The van der Waals surface area contributed by atoms with Crippen LogP contribution in [0.1, 0.15) is 88.7 Å². The lowest BCUT2D eigenvalue weighted by molar-refractivity contribution is 0.483. The van der Waals surface area contributed by atoms with Gasteiger partial charge in [0.1, 0.15) is 24.0 Å². The van der Waals surface area contributed by atoms with Crippen LogP contribution in [0.3, 0.4) is 0 Å². The zero-order valence-electron chi connectivity index (χ0n) is 42.6. The summed E-state index contributed by atoms with van der Waals surface area (Å²) in [5, 5.41) is 2.03. The largest absolute Gasteiger partial charge is 0.457 e. The topological polar surface area (TPSA) is 33.5 Å². The van der Waals surface area contributed by atoms with Gasteiger partial charge < -0.3 is 14.5 Å². The average Bonchev–Trinajstić information content (AvgIpc) is 3.86. The van der Waals surface area contributed by atoms with E-state index >= 15 is 0 Å². The molecule has 0 atom stereocenters. The van der Waals surface area contributed by atoms with E-state index < -0.39 is 6.85 Å². The van der Waals surface area contributed by atoms with Gasteiger partial charge in [-0.2, -0.15) is 0 Å². The molecule has 0 fully saturated rings. The minimum Gasteiger partial charge on any atom is -0.457 e. The van der Waals surface area contributed by atoms with Crippen LogP contribution in [0, 0.1) is 6.85 Å². The van der Waals surface area contributed by atoms with E-state index in [9.17, 15) is 0 Å². The number of hydrogen-bond donors (Lipinski definition) is 0. The minimum atomic E-state index is -2.40. The first-order valence-corrected chi connectivity index (χ1v) is 23.0. The van der Waals surface area contributed by atoms with Crippen LogP contribution in [-0.2, 0) is 16.2 Å². The van der Waals surface area contributed by atoms with Crippen molar-refractivity contribution in [2.45, 2.75) is 85.4 Å². The van der Waals surface area contributed by atoms with E-state index in [0.29, 0.717) is 29.5 Å². The van der Waals surface area contributed by atoms with Gasteiger partial charge in [-0.3, -0.25) is 4.57 Å². The van der Waals surface area contributed by atoms with Crippen LogP contribution in [0.25, 0.3) is 49.9 Å². The maximum Gasteiger partial charge on any atom is 0.137 e. The Hall–Kier alpha value is -7.11. The van der Waals surface area contributed by atoms with Crippen LogP contribution in [0.15, 0.2) is 170 Å². The van der Waals surface area contributed by atoms with Crippen LogP contribution in [0.2, 0.25) is 0 Å². The standard InChI is InChI=1S/C61H60N4O/c1-40-32-58(62-38-53(40)41-24-27-44(28-25-41)59(2,3)4)65-54-31-26-43(42-16-13-17-45(33-42)60(5,6)7)34-52(54)51-30-29-50(37-57(51)65)66-49-21-15-20-48(36-49)64-39-63(55-22-11-12-23-56(55)64)47-19-14-18-46(35-47)61(8,9)10/h11-38H,39H2,1-10H3/i1D3. The Balaban J connectivity index is 1.06. The lowest BCUT2D eigenvalue weighted by Crippen LogP contribution is -2.24. The quantitative estimate of drug-likeness (QED) is 0.160. The maximum atomic E-state index is 8.77. The molecular weight excluding hydrogens is 805 g/mol. The van der Waals surface area contributed by atoms with Gasteiger partial charge in [-0.15, -0.1) is 0 Å². The lowest BCUT2D eigenvalue weighted by Gasteiger charge is -2.25. The molecule has 5 nitrogen and oxygen atoms in total. The van der Waals surface area contributed by atoms with Crippen molar-refractivity contribution < 1.29 is 8.85 Å². The van der Waals surface area contributed by atoms with Crippen molar-refractivity contribution in [2.75, 3.05) is 16.5 Å². The van der Waals surface area contributed by atoms with E-state index in [4.69, 9.17) is 13.8 Å². The molecule has 3 heterocycles. The fourth-order valence-corrected chi connectivity index (χ4v) is 9.25. The van der Waals surface area contributed by atoms with Crippen molar-refractivity contribution in [3.05, 3.63) is 192 Å². The minimum absolute atomic E-state index is 0.00303. The van der Waals surface area contributed by atoms with Gasteiger partial charge in [-0.05, 0) is 129 Å². The van der Waals surface area contributed by atoms with Crippen molar-refractivity contribution in [3.8, 4) is 39.6 Å². The van der Waals surface area contributed by atoms with Crippen molar-refractivity contribution in [3.63, 3.8) is 0 Å². The normalized spacial score (nSPS) is 14.0. The zero-order valence-corrected chi connectivity index (χ0v) is 39.6. The molecule has 1 aliphatic heterocycles. The third kappa shape index (κ3) is 8.02. The molecule has 66 heavy (non-hydrogen) atoms. The predicted octanol–water partition coefficient (Wildman–Crippen LogP) is 16.8. The molecule has 5 heteroatoms. The van der Waals surface area contributed by atoms with Crippen LogP contribution >= 0.6 is 0 Å². The van der Waals surface area contributed by atoms with Crippen LogP contribution in [-0.4, -0.2) is 16.2 Å². The molecule has 0 saturated heterocycles. The molecule has 0 amide bonds. The summed E-state index contributed by atoms with van der Waals surface area (Å²) < 4.78 is 35.2. The number of para-hydroxylation sites is 2. The molecule has 9 aromatic rings. The van der Waals surface area contributed by atoms with Crippen molar-refractivity contribution in [1.29, 1.82) is 0 Å². The predicted molar refractivity (Wildman–Crippen MR) is 279 cm³/mol. The summed E-state index contributed by atoms with van der Waals surface area (Å²) in [6.45, 7) is 18.2. The summed E-state index contributed by atoms with van der Waals surface area (Å²) in [5.41, 5.74) is 13.8. The lowest BCUT2D eigenvalue weighted by atomic mass is 9.85. The number of ether oxygens (including phenoxy) is 1. The monoisotopic (exact) mass is 867 g/mol. The molecule has 0 radical (unpaired) electrons. The summed E-state index contributed by atoms with van der Waals surface area (Å²) in [7, 11) is 0. The Labute approximate surface area is 395 Å². The van der Waals surface area contributed by atoms with E-state index in [2.05, 4.69) is 198 Å². The van der Waals surface area contributed by atoms with E-state index in [1.807, 2.05) is 36.4 Å². The second kappa shape index (κ2) is 16.1. The number of benzene rings is 7. The third-order valence-electron chi connectivity index (χ3n) is 13.1. The average molecular weight is 868 g/mol. The second-order valence-electron chi connectivity index (χ2n) is 20.9. The molecule has 1 aliphatic rings. The van der Waals surface area contributed by atoms with Gasteiger partial charge in [0.25, 0.3) is 0 Å². The number of aromatic nitrogens is 2. The highest BCUT2D eigenvalue weighted by molar-refractivity contribution is 6.10. The number of aryl methyl sites for hydroxylation is 1. The molecule has 330 valence electrons. The molecule has 2 aromatic heterocycles. The number of fused-ring (bicyclic) bond motifs is 4. The molecule has 0 bridgehead atoms. The highest BCUT2D eigenvalue weighted by atomic mass is 16.5. The first kappa shape index (κ1) is 39.3. The van der Waals surface area contributed by atoms with Gasteiger partial charge in [0, 0.05) is 50.2 Å². The molecule has 0 saturated carbocycles. The second-order valence-corrected chi connectivity index (χ2v) is 20.9. The number of hydrogen-bond acceptors (Lipinski definition) is 4. The number of nitrogens with zero attached hydrogens (tertiary/aromatic N) is 4. The summed E-state index contributed by atoms with van der Waals surface area (Å²) in [4.78, 5) is 9.76. The number of anilines is 4. The van der Waals surface area contributed by atoms with Crippen molar-refractivity contribution in [1.82, 2.24) is 9.55 Å². The summed E-state index contributed by atoms with van der Waals surface area (Å²) in [5.74, 6) is 1.87. The van der Waals surface area contributed by atoms with Gasteiger partial charge in [0.05, 0.1) is 22.4 Å². The highest BCUT2D eigenvalue weighted by Crippen LogP contribution is 2.46. The molecule has 0 N–H and O–H groups in total. The molecule has 0 aliphatic carbocycles. The van der Waals surface area contributed by atoms with Crippen molar-refractivity contribution >= 4 is 44.6 Å². The van der Waals surface area contributed by atoms with Gasteiger partial charge in [-0.1, -0.05) is 147 Å². The van der Waals surface area contributed by atoms with Gasteiger partial charge in [0.2, 0.25) is 0 Å². The van der Waals surface area contributed by atoms with E-state index in [1.54, 1.807) is 12.3 Å². The first-order valence-electron chi connectivity index (χ1n) is 24.5. The molecule has 0 unspecified atom stereocenters. The smallest absolute Gasteiger partial charge is 0.137 e.